The molecule has 0 amide bonds. The quantitative estimate of drug-likeness (QED) is 0.142. The molecule has 244 valence electrons. The van der Waals surface area contributed by atoms with E-state index in [1.54, 1.807) is 0 Å². The molecule has 0 aliphatic rings. The number of rotatable bonds is 4. The zero-order valence-corrected chi connectivity index (χ0v) is 29.7. The molecule has 0 bridgehead atoms. The molecule has 2 heterocycles. The summed E-state index contributed by atoms with van der Waals surface area (Å²) in [5.74, 6) is -0.353. The smallest absolute Gasteiger partial charge is 0.340 e. The first kappa shape index (κ1) is 31.1. The summed E-state index contributed by atoms with van der Waals surface area (Å²) >= 11 is 0. The second-order valence-electron chi connectivity index (χ2n) is 15.5. The first-order chi connectivity index (χ1) is 23.3. The van der Waals surface area contributed by atoms with Gasteiger partial charge < -0.3 is 9.30 Å². The Morgan fingerprint density at radius 1 is 0.694 bits per heavy atom. The van der Waals surface area contributed by atoms with Gasteiger partial charge in [-0.1, -0.05) is 102 Å². The Morgan fingerprint density at radius 3 is 2.06 bits per heavy atom. The molecule has 0 saturated carbocycles. The summed E-state index contributed by atoms with van der Waals surface area (Å²) in [6.45, 7) is 17.9. The molecule has 0 saturated heterocycles. The Labute approximate surface area is 287 Å². The lowest BCUT2D eigenvalue weighted by molar-refractivity contribution is 0.0527. The Hall–Kier alpha value is -5.22. The average molecular weight is 643 g/mol. The van der Waals surface area contributed by atoms with E-state index in [0.717, 1.165) is 22.0 Å². The van der Waals surface area contributed by atoms with Crippen molar-refractivity contribution in [3.63, 3.8) is 0 Å². The van der Waals surface area contributed by atoms with Crippen LogP contribution < -0.4 is 0 Å². The van der Waals surface area contributed by atoms with Crippen LogP contribution in [0.5, 0.6) is 0 Å². The standard InChI is InChI=1S/C45H42N2O2/c1-9-49-43(48)36-18-14-26(2)46-41(36)34-19-17-27-15-16-28-22-37-32-12-10-11-13-38(32)47(42(37)35-21-20-33(34)39(27)40(28)35)31-24-29(44(3,4)5)23-30(25-31)45(6,7)8/h10-25H,9H2,1-8H3. The van der Waals surface area contributed by atoms with E-state index in [2.05, 4.69) is 131 Å². The lowest BCUT2D eigenvalue weighted by Crippen LogP contribution is -2.17. The molecular weight excluding hydrogens is 601 g/mol. The van der Waals surface area contributed by atoms with Gasteiger partial charge in [-0.25, -0.2) is 4.79 Å². The summed E-state index contributed by atoms with van der Waals surface area (Å²) in [4.78, 5) is 18.0. The minimum atomic E-state index is -0.353. The van der Waals surface area contributed by atoms with Crippen LogP contribution in [0.15, 0.2) is 97.1 Å². The molecule has 0 spiro atoms. The number of ether oxygens (including phenoxy) is 1. The van der Waals surface area contributed by atoms with Gasteiger partial charge in [-0.3, -0.25) is 4.98 Å². The maximum atomic E-state index is 13.1. The van der Waals surface area contributed by atoms with E-state index in [1.165, 1.54) is 60.2 Å². The Balaban J connectivity index is 1.51. The molecule has 0 unspecified atom stereocenters. The van der Waals surface area contributed by atoms with Crippen LogP contribution >= 0.6 is 0 Å². The van der Waals surface area contributed by atoms with Crippen LogP contribution in [-0.2, 0) is 15.6 Å². The van der Waals surface area contributed by atoms with Crippen molar-refractivity contribution in [2.75, 3.05) is 6.61 Å². The summed E-state index contributed by atoms with van der Waals surface area (Å²) < 4.78 is 7.95. The first-order valence-electron chi connectivity index (χ1n) is 17.3. The van der Waals surface area contributed by atoms with Gasteiger partial charge in [-0.05, 0) is 99.1 Å². The minimum absolute atomic E-state index is 0.0105. The van der Waals surface area contributed by atoms with Crippen LogP contribution in [0.2, 0.25) is 0 Å². The molecular formula is C45H42N2O2. The highest BCUT2D eigenvalue weighted by Gasteiger charge is 2.25. The van der Waals surface area contributed by atoms with Crippen molar-refractivity contribution in [3.8, 4) is 16.9 Å². The molecule has 0 aliphatic carbocycles. The van der Waals surface area contributed by atoms with Gasteiger partial charge in [0, 0.05) is 33.1 Å². The summed E-state index contributed by atoms with van der Waals surface area (Å²) in [6, 6.07) is 35.3. The predicted molar refractivity (Wildman–Crippen MR) is 206 cm³/mol. The molecule has 0 N–H and O–H groups in total. The number of nitrogens with zero attached hydrogens (tertiary/aromatic N) is 2. The number of carbonyl (C=O) groups excluding carboxylic acids is 1. The van der Waals surface area contributed by atoms with Crippen molar-refractivity contribution < 1.29 is 9.53 Å². The van der Waals surface area contributed by atoms with Gasteiger partial charge in [0.25, 0.3) is 0 Å². The van der Waals surface area contributed by atoms with Crippen molar-refractivity contribution in [2.24, 2.45) is 0 Å². The number of esters is 1. The molecule has 4 heteroatoms. The van der Waals surface area contributed by atoms with Crippen LogP contribution in [-0.4, -0.2) is 22.1 Å². The van der Waals surface area contributed by atoms with E-state index in [-0.39, 0.29) is 16.8 Å². The molecule has 8 aromatic rings. The Morgan fingerprint density at radius 2 is 1.35 bits per heavy atom. The van der Waals surface area contributed by atoms with E-state index in [0.29, 0.717) is 17.9 Å². The molecule has 2 aromatic heterocycles. The van der Waals surface area contributed by atoms with Gasteiger partial charge in [0.15, 0.2) is 0 Å². The third-order valence-corrected chi connectivity index (χ3v) is 10.1. The number of para-hydroxylation sites is 1. The van der Waals surface area contributed by atoms with Crippen molar-refractivity contribution in [1.29, 1.82) is 0 Å². The number of aromatic nitrogens is 2. The third kappa shape index (κ3) is 4.88. The molecule has 0 fully saturated rings. The Kier molecular flexibility index (Phi) is 6.91. The monoisotopic (exact) mass is 642 g/mol. The van der Waals surface area contributed by atoms with Gasteiger partial charge >= 0.3 is 5.97 Å². The van der Waals surface area contributed by atoms with Gasteiger partial charge in [0.05, 0.1) is 28.9 Å². The second-order valence-corrected chi connectivity index (χ2v) is 15.5. The number of hydrogen-bond donors (Lipinski definition) is 0. The van der Waals surface area contributed by atoms with Crippen molar-refractivity contribution in [2.45, 2.75) is 66.2 Å². The van der Waals surface area contributed by atoms with Gasteiger partial charge in [-0.15, -0.1) is 0 Å². The summed E-state index contributed by atoms with van der Waals surface area (Å²) in [7, 11) is 0. The largest absolute Gasteiger partial charge is 0.462 e. The predicted octanol–water partition coefficient (Wildman–Crippen LogP) is 11.8. The van der Waals surface area contributed by atoms with E-state index in [4.69, 9.17) is 9.72 Å². The number of hydrogen-bond acceptors (Lipinski definition) is 3. The number of aryl methyl sites for hydroxylation is 1. The second kappa shape index (κ2) is 10.9. The fourth-order valence-corrected chi connectivity index (χ4v) is 7.54. The number of carbonyl (C=O) groups is 1. The van der Waals surface area contributed by atoms with Crippen LogP contribution in [0.1, 0.15) is 75.6 Å². The van der Waals surface area contributed by atoms with E-state index < -0.39 is 0 Å². The van der Waals surface area contributed by atoms with Crippen LogP contribution in [0.25, 0.3) is 71.1 Å². The summed E-state index contributed by atoms with van der Waals surface area (Å²) in [5.41, 5.74) is 9.14. The van der Waals surface area contributed by atoms with Crippen molar-refractivity contribution in [3.05, 3.63) is 119 Å². The van der Waals surface area contributed by atoms with Crippen LogP contribution in [0.3, 0.4) is 0 Å². The molecule has 4 nitrogen and oxygen atoms in total. The van der Waals surface area contributed by atoms with Gasteiger partial charge in [-0.2, -0.15) is 0 Å². The number of pyridine rings is 1. The van der Waals surface area contributed by atoms with Crippen LogP contribution in [0, 0.1) is 6.92 Å². The zero-order valence-electron chi connectivity index (χ0n) is 29.7. The topological polar surface area (TPSA) is 44.1 Å². The maximum Gasteiger partial charge on any atom is 0.340 e. The highest BCUT2D eigenvalue weighted by molar-refractivity contribution is 6.33. The molecule has 0 radical (unpaired) electrons. The average Bonchev–Trinajstić information content (AvgIpc) is 3.40. The lowest BCUT2D eigenvalue weighted by atomic mass is 9.80. The van der Waals surface area contributed by atoms with Gasteiger partial charge in [0.2, 0.25) is 0 Å². The fraction of sp³-hybridized carbons (Fsp3) is 0.244. The van der Waals surface area contributed by atoms with E-state index in [1.807, 2.05) is 26.0 Å². The van der Waals surface area contributed by atoms with Crippen molar-refractivity contribution in [1.82, 2.24) is 9.55 Å². The Bertz CT molecular complexity index is 2580. The zero-order chi connectivity index (χ0) is 34.4. The summed E-state index contributed by atoms with van der Waals surface area (Å²) in [6.07, 6.45) is 0. The van der Waals surface area contributed by atoms with E-state index in [9.17, 15) is 4.79 Å². The summed E-state index contributed by atoms with van der Waals surface area (Å²) in [5, 5.41) is 9.53. The molecule has 8 rings (SSSR count). The maximum absolute atomic E-state index is 13.1. The highest BCUT2D eigenvalue weighted by atomic mass is 16.5. The molecule has 49 heavy (non-hydrogen) atoms. The minimum Gasteiger partial charge on any atom is -0.462 e. The van der Waals surface area contributed by atoms with Crippen LogP contribution in [0.4, 0.5) is 0 Å². The number of fused-ring (bicyclic) bond motifs is 4. The highest BCUT2D eigenvalue weighted by Crippen LogP contribution is 2.45. The number of benzene rings is 6. The SMILES string of the molecule is CCOC(=O)c1ccc(C)nc1-c1ccc2ccc3cc4c5ccccc5n(-c5cc(C(C)(C)C)cc(C(C)(C)C)c5)c4c4ccc1c2c34. The first-order valence-corrected chi connectivity index (χ1v) is 17.3. The van der Waals surface area contributed by atoms with E-state index >= 15 is 0 Å². The molecule has 6 aromatic carbocycles. The van der Waals surface area contributed by atoms with Gasteiger partial charge in [0.1, 0.15) is 0 Å². The molecule has 0 atom stereocenters. The van der Waals surface area contributed by atoms with Crippen molar-refractivity contribution >= 4 is 60.1 Å². The molecule has 0 aliphatic heterocycles. The fourth-order valence-electron chi connectivity index (χ4n) is 7.54. The third-order valence-electron chi connectivity index (χ3n) is 10.1. The lowest BCUT2D eigenvalue weighted by Gasteiger charge is -2.27. The normalized spacial score (nSPS) is 12.7.